The Labute approximate surface area is 171 Å². The lowest BCUT2D eigenvalue weighted by molar-refractivity contribution is 0.313. The summed E-state index contributed by atoms with van der Waals surface area (Å²) in [5, 5.41) is 3.36. The van der Waals surface area contributed by atoms with Crippen LogP contribution in [0.3, 0.4) is 0 Å². The van der Waals surface area contributed by atoms with Crippen molar-refractivity contribution in [1.29, 1.82) is 0 Å². The smallest absolute Gasteiger partial charge is 0.229 e. The number of fused-ring (bicyclic) bond motifs is 1. The van der Waals surface area contributed by atoms with Gasteiger partial charge in [0.15, 0.2) is 5.65 Å². The minimum absolute atomic E-state index is 0.513. The molecule has 0 unspecified atom stereocenters. The molecule has 5 rings (SSSR count). The molecule has 2 fully saturated rings. The van der Waals surface area contributed by atoms with Gasteiger partial charge in [0.1, 0.15) is 5.52 Å². The molecule has 0 bridgehead atoms. The maximum absolute atomic E-state index is 4.79. The molecule has 0 spiro atoms. The molecule has 1 saturated carbocycles. The minimum Gasteiger partial charge on any atom is -0.369 e. The van der Waals surface area contributed by atoms with Gasteiger partial charge in [0.25, 0.3) is 0 Å². The lowest BCUT2D eigenvalue weighted by Crippen LogP contribution is -2.44. The van der Waals surface area contributed by atoms with Gasteiger partial charge >= 0.3 is 0 Å². The van der Waals surface area contributed by atoms with E-state index in [2.05, 4.69) is 61.0 Å². The van der Waals surface area contributed by atoms with Crippen LogP contribution in [-0.2, 0) is 0 Å². The molecule has 1 aliphatic carbocycles. The van der Waals surface area contributed by atoms with Crippen molar-refractivity contribution in [3.05, 3.63) is 36.8 Å². The highest BCUT2D eigenvalue weighted by Crippen LogP contribution is 2.30. The molecule has 0 amide bonds. The number of anilines is 3. The van der Waals surface area contributed by atoms with Gasteiger partial charge in [0, 0.05) is 43.6 Å². The van der Waals surface area contributed by atoms with Crippen molar-refractivity contribution in [1.82, 2.24) is 24.4 Å². The van der Waals surface area contributed by atoms with E-state index in [0.717, 1.165) is 43.0 Å². The van der Waals surface area contributed by atoms with Crippen LogP contribution >= 0.6 is 0 Å². The van der Waals surface area contributed by atoms with E-state index in [1.807, 2.05) is 12.5 Å². The topological polar surface area (TPSA) is 62.1 Å². The molecular formula is C22H29N7. The largest absolute Gasteiger partial charge is 0.369 e. The molecule has 7 nitrogen and oxygen atoms in total. The summed E-state index contributed by atoms with van der Waals surface area (Å²) >= 11 is 0. The van der Waals surface area contributed by atoms with Gasteiger partial charge in [-0.3, -0.25) is 0 Å². The third-order valence-corrected chi connectivity index (χ3v) is 6.28. The number of aromatic nitrogens is 4. The highest BCUT2D eigenvalue weighted by atomic mass is 15.2. The zero-order valence-corrected chi connectivity index (χ0v) is 17.1. The molecule has 1 N–H and O–H groups in total. The SMILES string of the molecule is CN1CCN(c2ccc(Nc3ncc4ncn(C5CCCCC5)c4n3)cc2)CC1. The molecule has 29 heavy (non-hydrogen) atoms. The summed E-state index contributed by atoms with van der Waals surface area (Å²) in [4.78, 5) is 18.6. The van der Waals surface area contributed by atoms with E-state index in [0.29, 0.717) is 12.0 Å². The molecule has 152 valence electrons. The quantitative estimate of drug-likeness (QED) is 0.729. The van der Waals surface area contributed by atoms with Crippen molar-refractivity contribution < 1.29 is 0 Å². The molecular weight excluding hydrogens is 362 g/mol. The van der Waals surface area contributed by atoms with E-state index in [4.69, 9.17) is 4.98 Å². The van der Waals surface area contributed by atoms with Crippen LogP contribution < -0.4 is 10.2 Å². The summed E-state index contributed by atoms with van der Waals surface area (Å²) in [6.45, 7) is 4.38. The fourth-order valence-electron chi connectivity index (χ4n) is 4.46. The van der Waals surface area contributed by atoms with Crippen molar-refractivity contribution in [3.8, 4) is 0 Å². The Bertz CT molecular complexity index is 951. The first kappa shape index (κ1) is 18.4. The summed E-state index contributed by atoms with van der Waals surface area (Å²) < 4.78 is 2.25. The second kappa shape index (κ2) is 7.99. The van der Waals surface area contributed by atoms with Crippen LogP contribution in [-0.4, -0.2) is 57.6 Å². The van der Waals surface area contributed by atoms with Crippen LogP contribution in [0.4, 0.5) is 17.3 Å². The van der Waals surface area contributed by atoms with Crippen LogP contribution in [0.5, 0.6) is 0 Å². The third kappa shape index (κ3) is 3.92. The van der Waals surface area contributed by atoms with Gasteiger partial charge < -0.3 is 19.7 Å². The van der Waals surface area contributed by atoms with Gasteiger partial charge in [0.2, 0.25) is 5.95 Å². The van der Waals surface area contributed by atoms with Crippen LogP contribution in [0.25, 0.3) is 11.2 Å². The lowest BCUT2D eigenvalue weighted by Gasteiger charge is -2.34. The fraction of sp³-hybridized carbons (Fsp3) is 0.500. The van der Waals surface area contributed by atoms with E-state index < -0.39 is 0 Å². The Balaban J connectivity index is 1.32. The molecule has 0 radical (unpaired) electrons. The number of rotatable bonds is 4. The predicted molar refractivity (Wildman–Crippen MR) is 117 cm³/mol. The van der Waals surface area contributed by atoms with Crippen LogP contribution in [0.15, 0.2) is 36.8 Å². The van der Waals surface area contributed by atoms with Crippen molar-refractivity contribution in [3.63, 3.8) is 0 Å². The lowest BCUT2D eigenvalue weighted by atomic mass is 9.95. The van der Waals surface area contributed by atoms with Gasteiger partial charge in [-0.05, 0) is 44.2 Å². The molecule has 1 aromatic carbocycles. The number of benzene rings is 1. The standard InChI is InChI=1S/C22H29N7/c1-27-11-13-28(14-12-27)18-9-7-17(8-10-18)25-22-23-15-20-21(26-22)29(16-24-20)19-5-3-2-4-6-19/h7-10,15-16,19H,2-6,11-14H2,1H3,(H,23,25,26). The Morgan fingerprint density at radius 1 is 0.931 bits per heavy atom. The summed E-state index contributed by atoms with van der Waals surface area (Å²) in [7, 11) is 2.18. The third-order valence-electron chi connectivity index (χ3n) is 6.28. The summed E-state index contributed by atoms with van der Waals surface area (Å²) in [6.07, 6.45) is 10.1. The number of hydrogen-bond acceptors (Lipinski definition) is 6. The van der Waals surface area contributed by atoms with Gasteiger partial charge in [0.05, 0.1) is 12.5 Å². The zero-order valence-electron chi connectivity index (χ0n) is 17.1. The zero-order chi connectivity index (χ0) is 19.6. The number of nitrogens with zero attached hydrogens (tertiary/aromatic N) is 6. The first-order valence-electron chi connectivity index (χ1n) is 10.8. The number of piperazine rings is 1. The number of imidazole rings is 1. The molecule has 0 atom stereocenters. The minimum atomic E-state index is 0.513. The fourth-order valence-corrected chi connectivity index (χ4v) is 4.46. The number of nitrogens with one attached hydrogen (secondary N) is 1. The Morgan fingerprint density at radius 2 is 1.69 bits per heavy atom. The van der Waals surface area contributed by atoms with Crippen LogP contribution in [0.1, 0.15) is 38.1 Å². The van der Waals surface area contributed by atoms with Crippen molar-refractivity contribution >= 4 is 28.5 Å². The van der Waals surface area contributed by atoms with Crippen molar-refractivity contribution in [2.24, 2.45) is 0 Å². The molecule has 3 aromatic rings. The average Bonchev–Trinajstić information content (AvgIpc) is 3.19. The Morgan fingerprint density at radius 3 is 2.45 bits per heavy atom. The average molecular weight is 392 g/mol. The normalized spacial score (nSPS) is 19.0. The highest BCUT2D eigenvalue weighted by Gasteiger charge is 2.19. The summed E-state index contributed by atoms with van der Waals surface area (Å²) in [6, 6.07) is 9.09. The van der Waals surface area contributed by atoms with Crippen LogP contribution in [0, 0.1) is 0 Å². The van der Waals surface area contributed by atoms with E-state index in [1.54, 1.807) is 0 Å². The monoisotopic (exact) mass is 391 g/mol. The van der Waals surface area contributed by atoms with E-state index >= 15 is 0 Å². The maximum Gasteiger partial charge on any atom is 0.229 e. The van der Waals surface area contributed by atoms with Crippen LogP contribution in [0.2, 0.25) is 0 Å². The van der Waals surface area contributed by atoms with Gasteiger partial charge in [-0.2, -0.15) is 4.98 Å². The van der Waals surface area contributed by atoms with Crippen molar-refractivity contribution in [2.75, 3.05) is 43.4 Å². The second-order valence-electron chi connectivity index (χ2n) is 8.31. The number of likely N-dealkylation sites (N-methyl/N-ethyl adjacent to an activating group) is 1. The maximum atomic E-state index is 4.79. The highest BCUT2D eigenvalue weighted by molar-refractivity contribution is 5.72. The number of hydrogen-bond donors (Lipinski definition) is 1. The van der Waals surface area contributed by atoms with E-state index in [9.17, 15) is 0 Å². The van der Waals surface area contributed by atoms with E-state index in [1.165, 1.54) is 37.8 Å². The Kier molecular flexibility index (Phi) is 5.06. The van der Waals surface area contributed by atoms with Gasteiger partial charge in [-0.15, -0.1) is 0 Å². The molecule has 1 saturated heterocycles. The molecule has 2 aliphatic rings. The van der Waals surface area contributed by atoms with Gasteiger partial charge in [-0.1, -0.05) is 19.3 Å². The summed E-state index contributed by atoms with van der Waals surface area (Å²) in [5.41, 5.74) is 4.08. The molecule has 7 heteroatoms. The first-order chi connectivity index (χ1) is 14.3. The Hall–Kier alpha value is -2.67. The first-order valence-corrected chi connectivity index (χ1v) is 10.8. The van der Waals surface area contributed by atoms with E-state index in [-0.39, 0.29) is 0 Å². The molecule has 2 aromatic heterocycles. The predicted octanol–water partition coefficient (Wildman–Crippen LogP) is 3.83. The summed E-state index contributed by atoms with van der Waals surface area (Å²) in [5.74, 6) is 0.627. The van der Waals surface area contributed by atoms with Gasteiger partial charge in [-0.25, -0.2) is 9.97 Å². The molecule has 3 heterocycles. The van der Waals surface area contributed by atoms with Crippen molar-refractivity contribution in [2.45, 2.75) is 38.1 Å². The second-order valence-corrected chi connectivity index (χ2v) is 8.31. The molecule has 1 aliphatic heterocycles.